The number of hydrogen-bond donors (Lipinski definition) is 2. The molecule has 0 spiro atoms. The molecule has 1 aliphatic rings. The number of amides is 2. The second-order valence-corrected chi connectivity index (χ2v) is 5.59. The number of carbonyl (C=O) groups excluding carboxylic acids is 1. The topological polar surface area (TPSA) is 50.4 Å². The molecule has 3 rings (SSSR count). The first-order valence-electron chi connectivity index (χ1n) is 7.50. The van der Waals surface area contributed by atoms with Crippen LogP contribution in [-0.4, -0.2) is 12.6 Å². The van der Waals surface area contributed by atoms with Crippen LogP contribution in [0.3, 0.4) is 0 Å². The SMILES string of the molecule is Cc1cccc(C)c1NC(=O)NC1CCOc2ccccc21. The van der Waals surface area contributed by atoms with Crippen LogP contribution in [0.25, 0.3) is 0 Å². The second kappa shape index (κ2) is 6.10. The number of urea groups is 1. The molecule has 1 aliphatic heterocycles. The van der Waals surface area contributed by atoms with E-state index in [9.17, 15) is 4.79 Å². The van der Waals surface area contributed by atoms with Gasteiger partial charge >= 0.3 is 6.03 Å². The highest BCUT2D eigenvalue weighted by Crippen LogP contribution is 2.31. The molecule has 2 aromatic carbocycles. The zero-order chi connectivity index (χ0) is 15.5. The first-order chi connectivity index (χ1) is 10.6. The van der Waals surface area contributed by atoms with Gasteiger partial charge in [0.05, 0.1) is 12.6 Å². The summed E-state index contributed by atoms with van der Waals surface area (Å²) < 4.78 is 5.62. The van der Waals surface area contributed by atoms with E-state index in [0.29, 0.717) is 6.61 Å². The van der Waals surface area contributed by atoms with Crippen molar-refractivity contribution < 1.29 is 9.53 Å². The average molecular weight is 296 g/mol. The van der Waals surface area contributed by atoms with Gasteiger partial charge in [0.15, 0.2) is 0 Å². The van der Waals surface area contributed by atoms with Crippen LogP contribution >= 0.6 is 0 Å². The van der Waals surface area contributed by atoms with Crippen molar-refractivity contribution in [3.05, 3.63) is 59.2 Å². The van der Waals surface area contributed by atoms with Gasteiger partial charge in [0.1, 0.15) is 5.75 Å². The van der Waals surface area contributed by atoms with Crippen LogP contribution in [-0.2, 0) is 0 Å². The second-order valence-electron chi connectivity index (χ2n) is 5.59. The molecule has 1 atom stereocenters. The number of fused-ring (bicyclic) bond motifs is 1. The van der Waals surface area contributed by atoms with E-state index in [-0.39, 0.29) is 12.1 Å². The smallest absolute Gasteiger partial charge is 0.319 e. The number of para-hydroxylation sites is 2. The Balaban J connectivity index is 1.73. The molecule has 22 heavy (non-hydrogen) atoms. The third-order valence-corrected chi connectivity index (χ3v) is 3.98. The first kappa shape index (κ1) is 14.4. The number of aryl methyl sites for hydroxylation is 2. The summed E-state index contributed by atoms with van der Waals surface area (Å²) in [5.74, 6) is 0.853. The van der Waals surface area contributed by atoms with Crippen molar-refractivity contribution >= 4 is 11.7 Å². The molecule has 4 nitrogen and oxygen atoms in total. The molecule has 2 amide bonds. The minimum atomic E-state index is -0.181. The Bertz CT molecular complexity index is 677. The molecule has 0 radical (unpaired) electrons. The average Bonchev–Trinajstić information content (AvgIpc) is 2.51. The van der Waals surface area contributed by atoms with Gasteiger partial charge in [-0.25, -0.2) is 4.79 Å². The van der Waals surface area contributed by atoms with E-state index in [1.54, 1.807) is 0 Å². The summed E-state index contributed by atoms with van der Waals surface area (Å²) >= 11 is 0. The van der Waals surface area contributed by atoms with Gasteiger partial charge in [-0.2, -0.15) is 0 Å². The lowest BCUT2D eigenvalue weighted by Gasteiger charge is -2.27. The van der Waals surface area contributed by atoms with Crippen LogP contribution in [0.15, 0.2) is 42.5 Å². The molecule has 1 heterocycles. The lowest BCUT2D eigenvalue weighted by molar-refractivity contribution is 0.232. The van der Waals surface area contributed by atoms with Gasteiger partial charge < -0.3 is 15.4 Å². The summed E-state index contributed by atoms with van der Waals surface area (Å²) in [5, 5.41) is 6.01. The maximum atomic E-state index is 12.3. The number of carbonyl (C=O) groups is 1. The van der Waals surface area contributed by atoms with Gasteiger partial charge in [-0.1, -0.05) is 36.4 Å². The van der Waals surface area contributed by atoms with Crippen molar-refractivity contribution in [2.45, 2.75) is 26.3 Å². The Labute approximate surface area is 130 Å². The fourth-order valence-corrected chi connectivity index (χ4v) is 2.81. The van der Waals surface area contributed by atoms with Crippen LogP contribution in [0.1, 0.15) is 29.2 Å². The standard InChI is InChI=1S/C18H20N2O2/c1-12-6-5-7-13(2)17(12)20-18(21)19-15-10-11-22-16-9-4-3-8-14(15)16/h3-9,15H,10-11H2,1-2H3,(H2,19,20,21). The van der Waals surface area contributed by atoms with Gasteiger partial charge in [0.2, 0.25) is 0 Å². The molecule has 114 valence electrons. The molecule has 0 saturated heterocycles. The minimum Gasteiger partial charge on any atom is -0.493 e. The summed E-state index contributed by atoms with van der Waals surface area (Å²) in [6.45, 7) is 4.60. The number of anilines is 1. The number of hydrogen-bond acceptors (Lipinski definition) is 2. The summed E-state index contributed by atoms with van der Waals surface area (Å²) in [5.41, 5.74) is 4.02. The predicted molar refractivity (Wildman–Crippen MR) is 87.4 cm³/mol. The van der Waals surface area contributed by atoms with Gasteiger partial charge in [0, 0.05) is 17.7 Å². The highest BCUT2D eigenvalue weighted by molar-refractivity contribution is 5.91. The largest absolute Gasteiger partial charge is 0.493 e. The first-order valence-corrected chi connectivity index (χ1v) is 7.50. The highest BCUT2D eigenvalue weighted by Gasteiger charge is 2.22. The van der Waals surface area contributed by atoms with E-state index in [4.69, 9.17) is 4.74 Å². The fourth-order valence-electron chi connectivity index (χ4n) is 2.81. The maximum Gasteiger partial charge on any atom is 0.319 e. The van der Waals surface area contributed by atoms with Gasteiger partial charge in [-0.15, -0.1) is 0 Å². The molecule has 1 unspecified atom stereocenters. The van der Waals surface area contributed by atoms with E-state index in [1.165, 1.54) is 0 Å². The highest BCUT2D eigenvalue weighted by atomic mass is 16.5. The Kier molecular flexibility index (Phi) is 4.00. The fraction of sp³-hybridized carbons (Fsp3) is 0.278. The number of ether oxygens (including phenoxy) is 1. The molecule has 0 saturated carbocycles. The third-order valence-electron chi connectivity index (χ3n) is 3.98. The summed E-state index contributed by atoms with van der Waals surface area (Å²) in [4.78, 5) is 12.3. The monoisotopic (exact) mass is 296 g/mol. The lowest BCUT2D eigenvalue weighted by Crippen LogP contribution is -2.35. The van der Waals surface area contributed by atoms with Gasteiger partial charge in [-0.05, 0) is 31.0 Å². The normalized spacial score (nSPS) is 16.4. The third kappa shape index (κ3) is 2.91. The maximum absolute atomic E-state index is 12.3. The zero-order valence-corrected chi connectivity index (χ0v) is 12.8. The van der Waals surface area contributed by atoms with Crippen molar-refractivity contribution in [2.75, 3.05) is 11.9 Å². The van der Waals surface area contributed by atoms with Crippen molar-refractivity contribution in [3.63, 3.8) is 0 Å². The number of benzene rings is 2. The Hall–Kier alpha value is -2.49. The van der Waals surface area contributed by atoms with Crippen molar-refractivity contribution in [2.24, 2.45) is 0 Å². The molecular formula is C18H20N2O2. The lowest BCUT2D eigenvalue weighted by atomic mass is 10.0. The van der Waals surface area contributed by atoms with Gasteiger partial charge in [-0.3, -0.25) is 0 Å². The van der Waals surface area contributed by atoms with Crippen LogP contribution < -0.4 is 15.4 Å². The molecule has 0 fully saturated rings. The number of rotatable bonds is 2. The number of nitrogens with one attached hydrogen (secondary N) is 2. The Morgan fingerprint density at radius 3 is 2.59 bits per heavy atom. The quantitative estimate of drug-likeness (QED) is 0.881. The summed E-state index contributed by atoms with van der Waals surface area (Å²) in [6, 6.07) is 13.6. The Morgan fingerprint density at radius 1 is 1.09 bits per heavy atom. The minimum absolute atomic E-state index is 0.0192. The molecule has 0 aromatic heterocycles. The zero-order valence-electron chi connectivity index (χ0n) is 12.8. The van der Waals surface area contributed by atoms with E-state index in [0.717, 1.165) is 34.5 Å². The van der Waals surface area contributed by atoms with Gasteiger partial charge in [0.25, 0.3) is 0 Å². The summed E-state index contributed by atoms with van der Waals surface area (Å²) in [7, 11) is 0. The van der Waals surface area contributed by atoms with Crippen LogP contribution in [0.4, 0.5) is 10.5 Å². The molecule has 2 aromatic rings. The van der Waals surface area contributed by atoms with Crippen LogP contribution in [0.2, 0.25) is 0 Å². The Morgan fingerprint density at radius 2 is 1.82 bits per heavy atom. The summed E-state index contributed by atoms with van der Waals surface area (Å²) in [6.07, 6.45) is 0.775. The van der Waals surface area contributed by atoms with Crippen LogP contribution in [0.5, 0.6) is 5.75 Å². The van der Waals surface area contributed by atoms with E-state index in [1.807, 2.05) is 56.3 Å². The molecule has 2 N–H and O–H groups in total. The van der Waals surface area contributed by atoms with Crippen LogP contribution in [0, 0.1) is 13.8 Å². The van der Waals surface area contributed by atoms with E-state index in [2.05, 4.69) is 10.6 Å². The molecular weight excluding hydrogens is 276 g/mol. The van der Waals surface area contributed by atoms with E-state index < -0.39 is 0 Å². The molecule has 4 heteroatoms. The van der Waals surface area contributed by atoms with E-state index >= 15 is 0 Å². The van der Waals surface area contributed by atoms with Crippen molar-refractivity contribution in [1.29, 1.82) is 0 Å². The van der Waals surface area contributed by atoms with Crippen molar-refractivity contribution in [1.82, 2.24) is 5.32 Å². The molecule has 0 bridgehead atoms. The molecule has 0 aliphatic carbocycles. The predicted octanol–water partition coefficient (Wildman–Crippen LogP) is 3.95. The van der Waals surface area contributed by atoms with Crippen molar-refractivity contribution in [3.8, 4) is 5.75 Å².